The Labute approximate surface area is 224 Å². The summed E-state index contributed by atoms with van der Waals surface area (Å²) in [5, 5.41) is 6.08. The first-order chi connectivity index (χ1) is 18.2. The minimum absolute atomic E-state index is 0.0203. The lowest BCUT2D eigenvalue weighted by molar-refractivity contribution is 0.0687. The highest BCUT2D eigenvalue weighted by molar-refractivity contribution is 6.34. The van der Waals surface area contributed by atoms with Crippen molar-refractivity contribution >= 4 is 29.1 Å². The number of rotatable bonds is 8. The molecule has 11 heteroatoms. The van der Waals surface area contributed by atoms with Crippen LogP contribution in [0.15, 0.2) is 36.5 Å². The number of imidazole rings is 1. The second kappa shape index (κ2) is 11.9. The number of nitrogens with one attached hydrogen (secondary N) is 2. The van der Waals surface area contributed by atoms with Gasteiger partial charge in [0.2, 0.25) is 5.82 Å². The van der Waals surface area contributed by atoms with E-state index in [1.54, 1.807) is 12.1 Å². The number of nitrogens with zero attached hydrogens (tertiary/aromatic N) is 3. The molecule has 1 fully saturated rings. The number of aromatic nitrogens is 2. The fraction of sp³-hybridized carbons (Fsp3) is 0.370. The van der Waals surface area contributed by atoms with Crippen molar-refractivity contribution in [3.8, 4) is 17.0 Å². The zero-order chi connectivity index (χ0) is 27.4. The molecule has 38 heavy (non-hydrogen) atoms. The van der Waals surface area contributed by atoms with Crippen LogP contribution in [0, 0.1) is 17.6 Å². The molecule has 2 amide bonds. The summed E-state index contributed by atoms with van der Waals surface area (Å²) in [4.78, 5) is 31.8. The van der Waals surface area contributed by atoms with Crippen molar-refractivity contribution in [2.75, 3.05) is 39.1 Å². The van der Waals surface area contributed by atoms with Gasteiger partial charge >= 0.3 is 0 Å². The van der Waals surface area contributed by atoms with Crippen LogP contribution in [0.4, 0.5) is 14.5 Å². The molecule has 0 unspecified atom stereocenters. The minimum atomic E-state index is -1.13. The second-order valence-electron chi connectivity index (χ2n) is 9.25. The van der Waals surface area contributed by atoms with Gasteiger partial charge in [-0.05, 0) is 69.1 Å². The molecule has 0 aliphatic carbocycles. The first kappa shape index (κ1) is 27.5. The highest BCUT2D eigenvalue weighted by atomic mass is 35.5. The average Bonchev–Trinajstić information content (AvgIpc) is 3.30. The third kappa shape index (κ3) is 5.66. The molecule has 1 aliphatic rings. The summed E-state index contributed by atoms with van der Waals surface area (Å²) in [5.74, 6) is -2.58. The molecule has 0 bridgehead atoms. The van der Waals surface area contributed by atoms with Gasteiger partial charge in [0.15, 0.2) is 17.4 Å². The SMILES string of the molecule is CNCCC1CCN(C(=O)c2ccc(NC(=O)c3ncc(-c4ccc(OC)c(F)c4F)n3C)cc2Cl)CC1. The summed E-state index contributed by atoms with van der Waals surface area (Å²) in [6.07, 6.45) is 4.29. The maximum atomic E-state index is 14.6. The lowest BCUT2D eigenvalue weighted by Gasteiger charge is -2.32. The molecule has 2 aromatic carbocycles. The van der Waals surface area contributed by atoms with Crippen molar-refractivity contribution in [3.63, 3.8) is 0 Å². The Morgan fingerprint density at radius 2 is 1.89 bits per heavy atom. The predicted octanol–water partition coefficient (Wildman–Crippen LogP) is 4.74. The Hall–Kier alpha value is -3.50. The van der Waals surface area contributed by atoms with Gasteiger partial charge < -0.3 is 24.8 Å². The molecule has 0 atom stereocenters. The van der Waals surface area contributed by atoms with E-state index in [0.29, 0.717) is 30.3 Å². The smallest absolute Gasteiger partial charge is 0.291 e. The molecule has 3 aromatic rings. The summed E-state index contributed by atoms with van der Waals surface area (Å²) in [6.45, 7) is 2.33. The molecule has 0 saturated carbocycles. The summed E-state index contributed by atoms with van der Waals surface area (Å²) in [6, 6.07) is 7.36. The molecule has 1 aliphatic heterocycles. The standard InChI is InChI=1S/C27H30ClF2N5O3/c1-31-11-8-16-9-12-35(13-10-16)27(37)18-5-4-17(14-20(18)28)33-26(36)25-32-15-21(34(25)2)19-6-7-22(38-3)24(30)23(19)29/h4-7,14-16,31H,8-13H2,1-3H3,(H,33,36). The maximum Gasteiger partial charge on any atom is 0.291 e. The van der Waals surface area contributed by atoms with Crippen molar-refractivity contribution in [3.05, 3.63) is 64.6 Å². The van der Waals surface area contributed by atoms with E-state index in [1.165, 1.54) is 43.1 Å². The minimum Gasteiger partial charge on any atom is -0.494 e. The van der Waals surface area contributed by atoms with Crippen molar-refractivity contribution in [2.45, 2.75) is 19.3 Å². The van der Waals surface area contributed by atoms with E-state index in [1.807, 2.05) is 11.9 Å². The highest BCUT2D eigenvalue weighted by Crippen LogP contribution is 2.30. The normalized spacial score (nSPS) is 14.0. The Kier molecular flexibility index (Phi) is 8.63. The third-order valence-corrected chi connectivity index (χ3v) is 7.21. The van der Waals surface area contributed by atoms with E-state index in [0.717, 1.165) is 25.8 Å². The number of ether oxygens (including phenoxy) is 1. The van der Waals surface area contributed by atoms with Crippen LogP contribution >= 0.6 is 11.6 Å². The van der Waals surface area contributed by atoms with Gasteiger partial charge in [-0.3, -0.25) is 9.59 Å². The van der Waals surface area contributed by atoms with E-state index in [4.69, 9.17) is 16.3 Å². The quantitative estimate of drug-likeness (QED) is 0.427. The first-order valence-electron chi connectivity index (χ1n) is 12.3. The van der Waals surface area contributed by atoms with Gasteiger partial charge in [-0.2, -0.15) is 4.39 Å². The van der Waals surface area contributed by atoms with Crippen LogP contribution in [-0.2, 0) is 7.05 Å². The van der Waals surface area contributed by atoms with E-state index in [2.05, 4.69) is 15.6 Å². The van der Waals surface area contributed by atoms with Crippen LogP contribution < -0.4 is 15.4 Å². The van der Waals surface area contributed by atoms with Gasteiger partial charge in [0.1, 0.15) is 0 Å². The number of halogens is 3. The number of piperidine rings is 1. The zero-order valence-corrected chi connectivity index (χ0v) is 22.2. The van der Waals surface area contributed by atoms with Crippen LogP contribution in [0.5, 0.6) is 5.75 Å². The Balaban J connectivity index is 1.44. The van der Waals surface area contributed by atoms with Crippen molar-refractivity contribution in [1.29, 1.82) is 0 Å². The maximum absolute atomic E-state index is 14.6. The number of methoxy groups -OCH3 is 1. The number of carbonyl (C=O) groups is 2. The molecule has 8 nitrogen and oxygen atoms in total. The predicted molar refractivity (Wildman–Crippen MR) is 142 cm³/mol. The van der Waals surface area contributed by atoms with Gasteiger partial charge in [-0.15, -0.1) is 0 Å². The van der Waals surface area contributed by atoms with Crippen molar-refractivity contribution in [2.24, 2.45) is 13.0 Å². The van der Waals surface area contributed by atoms with Gasteiger partial charge in [-0.25, -0.2) is 9.37 Å². The summed E-state index contributed by atoms with van der Waals surface area (Å²) >= 11 is 6.43. The molecule has 0 spiro atoms. The number of anilines is 1. The zero-order valence-electron chi connectivity index (χ0n) is 21.5. The van der Waals surface area contributed by atoms with Crippen LogP contribution in [0.2, 0.25) is 5.02 Å². The molecule has 1 aromatic heterocycles. The van der Waals surface area contributed by atoms with Crippen LogP contribution in [0.25, 0.3) is 11.3 Å². The van der Waals surface area contributed by atoms with Gasteiger partial charge in [0.05, 0.1) is 29.6 Å². The number of benzene rings is 2. The summed E-state index contributed by atoms with van der Waals surface area (Å²) in [5.41, 5.74) is 0.889. The first-order valence-corrected chi connectivity index (χ1v) is 12.7. The highest BCUT2D eigenvalue weighted by Gasteiger charge is 2.25. The molecule has 0 radical (unpaired) electrons. The van der Waals surface area contributed by atoms with E-state index >= 15 is 0 Å². The van der Waals surface area contributed by atoms with E-state index in [-0.39, 0.29) is 33.8 Å². The number of carbonyl (C=O) groups excluding carboxylic acids is 2. The largest absolute Gasteiger partial charge is 0.494 e. The number of hydrogen-bond acceptors (Lipinski definition) is 5. The van der Waals surface area contributed by atoms with Crippen LogP contribution in [-0.4, -0.2) is 60.1 Å². The Morgan fingerprint density at radius 1 is 1.16 bits per heavy atom. The van der Waals surface area contributed by atoms with Crippen LogP contribution in [0.1, 0.15) is 40.2 Å². The van der Waals surface area contributed by atoms with E-state index in [9.17, 15) is 18.4 Å². The lowest BCUT2D eigenvalue weighted by Crippen LogP contribution is -2.39. The third-order valence-electron chi connectivity index (χ3n) is 6.90. The van der Waals surface area contributed by atoms with Crippen molar-refractivity contribution in [1.82, 2.24) is 19.8 Å². The second-order valence-corrected chi connectivity index (χ2v) is 9.65. The topological polar surface area (TPSA) is 88.5 Å². The fourth-order valence-electron chi connectivity index (χ4n) is 4.65. The van der Waals surface area contributed by atoms with Gasteiger partial charge in [0, 0.05) is 31.4 Å². The molecule has 4 rings (SSSR count). The van der Waals surface area contributed by atoms with Gasteiger partial charge in [0.25, 0.3) is 11.8 Å². The Morgan fingerprint density at radius 3 is 2.55 bits per heavy atom. The lowest BCUT2D eigenvalue weighted by atomic mass is 9.93. The monoisotopic (exact) mass is 545 g/mol. The van der Waals surface area contributed by atoms with E-state index < -0.39 is 17.5 Å². The molecule has 2 N–H and O–H groups in total. The molecule has 2 heterocycles. The van der Waals surface area contributed by atoms with Crippen molar-refractivity contribution < 1.29 is 23.1 Å². The number of amides is 2. The van der Waals surface area contributed by atoms with Crippen LogP contribution in [0.3, 0.4) is 0 Å². The number of likely N-dealkylation sites (tertiary alicyclic amines) is 1. The fourth-order valence-corrected chi connectivity index (χ4v) is 4.92. The number of hydrogen-bond donors (Lipinski definition) is 2. The summed E-state index contributed by atoms with van der Waals surface area (Å²) in [7, 11) is 4.70. The van der Waals surface area contributed by atoms with Gasteiger partial charge in [-0.1, -0.05) is 11.6 Å². The molecule has 1 saturated heterocycles. The molecular weight excluding hydrogens is 516 g/mol. The molecular formula is C27H30ClF2N5O3. The average molecular weight is 546 g/mol. The molecule has 202 valence electrons. The summed E-state index contributed by atoms with van der Waals surface area (Å²) < 4.78 is 34.9. The Bertz CT molecular complexity index is 1340.